The maximum atomic E-state index is 12.6. The fraction of sp³-hybridized carbons (Fsp3) is 0.375. The molecule has 4 N–H and O–H groups in total. The van der Waals surface area contributed by atoms with Gasteiger partial charge in [-0.1, -0.05) is 42.5 Å². The lowest BCUT2D eigenvalue weighted by Gasteiger charge is -2.26. The van der Waals surface area contributed by atoms with Gasteiger partial charge in [0.05, 0.1) is 19.6 Å². The Morgan fingerprint density at radius 1 is 1.15 bits per heavy atom. The minimum atomic E-state index is -1.04. The van der Waals surface area contributed by atoms with Crippen LogP contribution in [0.5, 0.6) is 0 Å². The molecule has 1 aliphatic rings. The molecule has 0 aliphatic carbocycles. The van der Waals surface area contributed by atoms with E-state index in [1.165, 1.54) is 0 Å². The van der Waals surface area contributed by atoms with Crippen LogP contribution in [0.3, 0.4) is 0 Å². The number of halogens is 1. The largest absolute Gasteiger partial charge is 0.384 e. The van der Waals surface area contributed by atoms with E-state index in [1.54, 1.807) is 24.0 Å². The number of nitrogens with zero attached hydrogens (tertiary/aromatic N) is 2. The average molecular weight is 565 g/mol. The van der Waals surface area contributed by atoms with E-state index in [9.17, 15) is 14.7 Å². The van der Waals surface area contributed by atoms with Gasteiger partial charge in [0.2, 0.25) is 5.91 Å². The Labute approximate surface area is 211 Å². The van der Waals surface area contributed by atoms with Crippen LogP contribution in [-0.4, -0.2) is 60.5 Å². The molecule has 9 heteroatoms. The summed E-state index contributed by atoms with van der Waals surface area (Å²) >= 11 is 0. The number of benzene rings is 2. The summed E-state index contributed by atoms with van der Waals surface area (Å²) in [6.07, 6.45) is 0. The molecule has 1 heterocycles. The molecule has 8 nitrogen and oxygen atoms in total. The summed E-state index contributed by atoms with van der Waals surface area (Å²) in [5, 5.41) is 19.9. The minimum absolute atomic E-state index is 0. The molecule has 1 unspecified atom stereocenters. The summed E-state index contributed by atoms with van der Waals surface area (Å²) in [4.78, 5) is 30.2. The Kier molecular flexibility index (Phi) is 10.1. The van der Waals surface area contributed by atoms with Gasteiger partial charge in [-0.3, -0.25) is 9.59 Å². The maximum absolute atomic E-state index is 12.6. The Balaban J connectivity index is 0.00000385. The lowest BCUT2D eigenvalue weighted by atomic mass is 9.96. The van der Waals surface area contributed by atoms with Crippen molar-refractivity contribution in [2.75, 3.05) is 32.7 Å². The van der Waals surface area contributed by atoms with Crippen molar-refractivity contribution in [3.8, 4) is 0 Å². The molecule has 0 bridgehead atoms. The molecule has 1 fully saturated rings. The molecule has 2 aromatic rings. The van der Waals surface area contributed by atoms with Crippen LogP contribution in [0.15, 0.2) is 59.6 Å². The second-order valence-corrected chi connectivity index (χ2v) is 7.96. The number of rotatable bonds is 7. The number of hydrogen-bond acceptors (Lipinski definition) is 4. The number of aliphatic imine (C=N–C) groups is 1. The maximum Gasteiger partial charge on any atom is 0.254 e. The van der Waals surface area contributed by atoms with Crippen molar-refractivity contribution in [3.05, 3.63) is 71.3 Å². The average Bonchev–Trinajstić information content (AvgIpc) is 2.81. The lowest BCUT2D eigenvalue weighted by Crippen LogP contribution is -2.49. The van der Waals surface area contributed by atoms with Gasteiger partial charge in [-0.2, -0.15) is 0 Å². The zero-order valence-corrected chi connectivity index (χ0v) is 21.3. The molecule has 1 aliphatic heterocycles. The SMILES string of the molecule is CCNC(=NCc1ccc(C(=O)N2CCNC(=O)C2)cc1)NCC(C)(O)c1ccccc1.I. The molecule has 2 amide bonds. The van der Waals surface area contributed by atoms with Gasteiger partial charge in [-0.05, 0) is 37.1 Å². The van der Waals surface area contributed by atoms with Crippen molar-refractivity contribution < 1.29 is 14.7 Å². The van der Waals surface area contributed by atoms with E-state index in [1.807, 2.05) is 49.4 Å². The lowest BCUT2D eigenvalue weighted by molar-refractivity contribution is -0.123. The van der Waals surface area contributed by atoms with Crippen LogP contribution in [0.2, 0.25) is 0 Å². The van der Waals surface area contributed by atoms with Crippen LogP contribution in [-0.2, 0) is 16.9 Å². The molecular formula is C24H32IN5O3. The highest BCUT2D eigenvalue weighted by Gasteiger charge is 2.23. The molecule has 2 aromatic carbocycles. The highest BCUT2D eigenvalue weighted by Crippen LogP contribution is 2.18. The van der Waals surface area contributed by atoms with Gasteiger partial charge in [-0.15, -0.1) is 24.0 Å². The number of amides is 2. The van der Waals surface area contributed by atoms with Crippen LogP contribution in [0, 0.1) is 0 Å². The third-order valence-corrected chi connectivity index (χ3v) is 5.29. The van der Waals surface area contributed by atoms with Crippen molar-refractivity contribution in [1.29, 1.82) is 0 Å². The van der Waals surface area contributed by atoms with Crippen molar-refractivity contribution in [2.24, 2.45) is 4.99 Å². The van der Waals surface area contributed by atoms with E-state index in [2.05, 4.69) is 20.9 Å². The molecule has 0 spiro atoms. The predicted molar refractivity (Wildman–Crippen MR) is 140 cm³/mol. The number of carbonyl (C=O) groups excluding carboxylic acids is 2. The molecule has 0 aromatic heterocycles. The van der Waals surface area contributed by atoms with Gasteiger partial charge >= 0.3 is 0 Å². The smallest absolute Gasteiger partial charge is 0.254 e. The van der Waals surface area contributed by atoms with E-state index in [0.717, 1.165) is 11.1 Å². The topological polar surface area (TPSA) is 106 Å². The summed E-state index contributed by atoms with van der Waals surface area (Å²) in [6.45, 7) is 6.25. The van der Waals surface area contributed by atoms with E-state index in [-0.39, 0.29) is 42.3 Å². The van der Waals surface area contributed by atoms with Crippen LogP contribution < -0.4 is 16.0 Å². The predicted octanol–water partition coefficient (Wildman–Crippen LogP) is 1.84. The highest BCUT2D eigenvalue weighted by atomic mass is 127. The van der Waals surface area contributed by atoms with Crippen molar-refractivity contribution in [3.63, 3.8) is 0 Å². The third kappa shape index (κ3) is 7.71. The van der Waals surface area contributed by atoms with Gasteiger partial charge in [0.25, 0.3) is 5.91 Å². The Morgan fingerprint density at radius 3 is 2.48 bits per heavy atom. The number of guanidine groups is 1. The second kappa shape index (κ2) is 12.5. The number of hydrogen-bond donors (Lipinski definition) is 4. The fourth-order valence-corrected chi connectivity index (χ4v) is 3.41. The van der Waals surface area contributed by atoms with E-state index in [4.69, 9.17) is 0 Å². The molecule has 0 saturated carbocycles. The Morgan fingerprint density at radius 2 is 1.85 bits per heavy atom. The first kappa shape index (κ1) is 26.6. The molecule has 33 heavy (non-hydrogen) atoms. The van der Waals surface area contributed by atoms with Gasteiger partial charge in [-0.25, -0.2) is 4.99 Å². The fourth-order valence-electron chi connectivity index (χ4n) is 3.41. The Bertz CT molecular complexity index is 948. The van der Waals surface area contributed by atoms with Crippen LogP contribution in [0.25, 0.3) is 0 Å². The van der Waals surface area contributed by atoms with Crippen LogP contribution in [0.4, 0.5) is 0 Å². The first-order valence-corrected chi connectivity index (χ1v) is 10.8. The quantitative estimate of drug-likeness (QED) is 0.233. The minimum Gasteiger partial charge on any atom is -0.384 e. The molecule has 1 saturated heterocycles. The van der Waals surface area contributed by atoms with E-state index >= 15 is 0 Å². The summed E-state index contributed by atoms with van der Waals surface area (Å²) in [5.41, 5.74) is 1.29. The molecule has 3 rings (SSSR count). The second-order valence-electron chi connectivity index (χ2n) is 7.96. The van der Waals surface area contributed by atoms with Crippen molar-refractivity contribution in [1.82, 2.24) is 20.9 Å². The first-order chi connectivity index (χ1) is 15.4. The number of carbonyl (C=O) groups is 2. The zero-order valence-electron chi connectivity index (χ0n) is 19.0. The van der Waals surface area contributed by atoms with Gasteiger partial charge in [0.1, 0.15) is 5.60 Å². The summed E-state index contributed by atoms with van der Waals surface area (Å²) in [6, 6.07) is 16.8. The highest BCUT2D eigenvalue weighted by molar-refractivity contribution is 14.0. The van der Waals surface area contributed by atoms with Crippen LogP contribution >= 0.6 is 24.0 Å². The molecule has 178 valence electrons. The standard InChI is InChI=1S/C24H31N5O3.HI/c1-3-25-23(28-17-24(2,32)20-7-5-4-6-8-20)27-15-18-9-11-19(12-10-18)22(31)29-14-13-26-21(30)16-29;/h4-12,32H,3,13-17H2,1-2H3,(H,26,30)(H2,25,27,28);1H. The molecule has 1 atom stereocenters. The number of aliphatic hydroxyl groups is 1. The Hall–Kier alpha value is -2.66. The zero-order chi connectivity index (χ0) is 23.0. The van der Waals surface area contributed by atoms with E-state index < -0.39 is 5.60 Å². The number of nitrogens with one attached hydrogen (secondary N) is 3. The molecule has 0 radical (unpaired) electrons. The van der Waals surface area contributed by atoms with Crippen molar-refractivity contribution >= 4 is 41.8 Å². The van der Waals surface area contributed by atoms with Crippen molar-refractivity contribution in [2.45, 2.75) is 26.0 Å². The first-order valence-electron chi connectivity index (χ1n) is 10.8. The summed E-state index contributed by atoms with van der Waals surface area (Å²) < 4.78 is 0. The van der Waals surface area contributed by atoms with Crippen LogP contribution in [0.1, 0.15) is 35.3 Å². The monoisotopic (exact) mass is 565 g/mol. The third-order valence-electron chi connectivity index (χ3n) is 5.29. The van der Waals surface area contributed by atoms with Gasteiger partial charge in [0.15, 0.2) is 5.96 Å². The number of piperazine rings is 1. The van der Waals surface area contributed by atoms with Gasteiger partial charge < -0.3 is 26.0 Å². The summed E-state index contributed by atoms with van der Waals surface area (Å²) in [7, 11) is 0. The summed E-state index contributed by atoms with van der Waals surface area (Å²) in [5.74, 6) is 0.321. The molecular weight excluding hydrogens is 533 g/mol. The van der Waals surface area contributed by atoms with Gasteiger partial charge in [0, 0.05) is 25.2 Å². The normalized spacial score (nSPS) is 15.7. The van der Waals surface area contributed by atoms with E-state index in [0.29, 0.717) is 44.2 Å².